The summed E-state index contributed by atoms with van der Waals surface area (Å²) >= 11 is 5.68. The van der Waals surface area contributed by atoms with Gasteiger partial charge in [-0.2, -0.15) is 0 Å². The standard InChI is InChI=1S/C66H66S3/c1-64(2,3)67-61-40-34-55(35-41-61)25-22-49-10-16-52(17-11-49)28-31-58-46-59(32-29-53-18-12-50(13-19-53)23-26-56-36-42-62(43-37-56)68-65(4,5)6)48-60(47-58)33-30-54-20-14-51(15-21-54)24-27-57-38-44-63(45-39-57)69-66(7,8)9/h10-48H,1-9H3/b25-22+,26-23+,27-24+,31-28+,32-29+,33-30+. The Morgan fingerprint density at radius 3 is 0.478 bits per heavy atom. The zero-order chi connectivity index (χ0) is 48.9. The van der Waals surface area contributed by atoms with E-state index < -0.39 is 0 Å². The van der Waals surface area contributed by atoms with E-state index in [1.165, 1.54) is 48.1 Å². The Morgan fingerprint density at radius 1 is 0.203 bits per heavy atom. The van der Waals surface area contributed by atoms with Gasteiger partial charge >= 0.3 is 0 Å². The second-order valence-electron chi connectivity index (χ2n) is 20.3. The van der Waals surface area contributed by atoms with Crippen molar-refractivity contribution in [1.82, 2.24) is 0 Å². The Balaban J connectivity index is 1.05. The van der Waals surface area contributed by atoms with Gasteiger partial charge in [-0.25, -0.2) is 0 Å². The highest BCUT2D eigenvalue weighted by Gasteiger charge is 2.13. The quantitative estimate of drug-likeness (QED) is 0.0742. The third-order valence-corrected chi connectivity index (χ3v) is 13.9. The fourth-order valence-electron chi connectivity index (χ4n) is 7.30. The molecule has 0 heterocycles. The van der Waals surface area contributed by atoms with Gasteiger partial charge in [-0.15, -0.1) is 35.3 Å². The van der Waals surface area contributed by atoms with Gasteiger partial charge in [0.2, 0.25) is 0 Å². The number of hydrogen-bond donors (Lipinski definition) is 0. The van der Waals surface area contributed by atoms with Gasteiger partial charge in [-0.05, 0) is 121 Å². The van der Waals surface area contributed by atoms with Crippen LogP contribution >= 0.6 is 35.3 Å². The van der Waals surface area contributed by atoms with Gasteiger partial charge in [-0.1, -0.05) is 244 Å². The lowest BCUT2D eigenvalue weighted by molar-refractivity contribution is 0.802. The normalized spacial score (nSPS) is 12.8. The van der Waals surface area contributed by atoms with Crippen molar-refractivity contribution in [3.63, 3.8) is 0 Å². The van der Waals surface area contributed by atoms with Crippen molar-refractivity contribution in [2.45, 2.75) is 91.2 Å². The third-order valence-electron chi connectivity index (χ3n) is 10.5. The molecule has 7 aromatic carbocycles. The number of thioether (sulfide) groups is 3. The Bertz CT molecular complexity index is 2580. The lowest BCUT2D eigenvalue weighted by Gasteiger charge is -2.17. The van der Waals surface area contributed by atoms with Crippen LogP contribution in [-0.4, -0.2) is 14.2 Å². The molecule has 0 saturated heterocycles. The Labute approximate surface area is 427 Å². The molecular weight excluding hydrogens is 889 g/mol. The Hall–Kier alpha value is -5.97. The van der Waals surface area contributed by atoms with Gasteiger partial charge in [-0.3, -0.25) is 0 Å². The van der Waals surface area contributed by atoms with Crippen LogP contribution in [0.4, 0.5) is 0 Å². The van der Waals surface area contributed by atoms with Crippen LogP contribution in [0.3, 0.4) is 0 Å². The molecule has 348 valence electrons. The summed E-state index contributed by atoms with van der Waals surface area (Å²) in [5, 5.41) is 0. The van der Waals surface area contributed by atoms with Crippen molar-refractivity contribution >= 4 is 108 Å². The third kappa shape index (κ3) is 18.1. The molecule has 0 radical (unpaired) electrons. The smallest absolute Gasteiger partial charge is 0.0122 e. The second kappa shape index (κ2) is 23.6. The van der Waals surface area contributed by atoms with Crippen LogP contribution in [0.1, 0.15) is 129 Å². The van der Waals surface area contributed by atoms with E-state index in [0.29, 0.717) is 0 Å². The van der Waals surface area contributed by atoms with Crippen LogP contribution in [0.15, 0.2) is 178 Å². The molecule has 0 atom stereocenters. The van der Waals surface area contributed by atoms with E-state index in [4.69, 9.17) is 0 Å². The van der Waals surface area contributed by atoms with Gasteiger partial charge in [0.05, 0.1) is 0 Å². The first kappa shape index (κ1) is 50.9. The summed E-state index contributed by atoms with van der Waals surface area (Å²) in [6.45, 7) is 20.2. The zero-order valence-electron chi connectivity index (χ0n) is 41.7. The summed E-state index contributed by atoms with van der Waals surface area (Å²) in [7, 11) is 0. The molecule has 0 aliphatic rings. The molecule has 7 rings (SSSR count). The molecule has 3 heteroatoms. The molecule has 0 spiro atoms. The summed E-state index contributed by atoms with van der Waals surface area (Å²) in [4.78, 5) is 3.89. The first-order valence-corrected chi connectivity index (χ1v) is 26.3. The molecule has 0 unspecified atom stereocenters. The van der Waals surface area contributed by atoms with Crippen LogP contribution in [0.2, 0.25) is 0 Å². The minimum absolute atomic E-state index is 0.200. The maximum absolute atomic E-state index is 2.26. The minimum Gasteiger partial charge on any atom is -0.120 e. The average Bonchev–Trinajstić information content (AvgIpc) is 3.31. The van der Waals surface area contributed by atoms with Gasteiger partial charge < -0.3 is 0 Å². The van der Waals surface area contributed by atoms with Crippen molar-refractivity contribution in [3.8, 4) is 0 Å². The predicted octanol–water partition coefficient (Wildman–Crippen LogP) is 20.4. The predicted molar refractivity (Wildman–Crippen MR) is 315 cm³/mol. The molecule has 0 aliphatic heterocycles. The Morgan fingerprint density at radius 2 is 0.333 bits per heavy atom. The summed E-state index contributed by atoms with van der Waals surface area (Å²) in [5.41, 5.74) is 14.0. The van der Waals surface area contributed by atoms with Gasteiger partial charge in [0.1, 0.15) is 0 Å². The fourth-order valence-corrected chi connectivity index (χ4v) is 10.2. The maximum Gasteiger partial charge on any atom is 0.0122 e. The van der Waals surface area contributed by atoms with Crippen molar-refractivity contribution in [3.05, 3.63) is 231 Å². The molecule has 7 aromatic rings. The molecule has 0 aliphatic carbocycles. The largest absolute Gasteiger partial charge is 0.120 e. The van der Waals surface area contributed by atoms with Gasteiger partial charge in [0.15, 0.2) is 0 Å². The van der Waals surface area contributed by atoms with Crippen molar-refractivity contribution in [1.29, 1.82) is 0 Å². The van der Waals surface area contributed by atoms with Crippen LogP contribution in [0.5, 0.6) is 0 Å². The lowest BCUT2D eigenvalue weighted by atomic mass is 10.0. The van der Waals surface area contributed by atoms with Crippen molar-refractivity contribution < 1.29 is 0 Å². The number of hydrogen-bond acceptors (Lipinski definition) is 3. The number of rotatable bonds is 15. The Kier molecular flexibility index (Phi) is 17.4. The van der Waals surface area contributed by atoms with Crippen molar-refractivity contribution in [2.75, 3.05) is 0 Å². The lowest BCUT2D eigenvalue weighted by Crippen LogP contribution is -2.06. The van der Waals surface area contributed by atoms with Gasteiger partial charge in [0, 0.05) is 28.9 Å². The first-order valence-electron chi connectivity index (χ1n) is 23.8. The first-order chi connectivity index (χ1) is 32.9. The summed E-state index contributed by atoms with van der Waals surface area (Å²) < 4.78 is 0.600. The topological polar surface area (TPSA) is 0 Å². The molecule has 0 amide bonds. The van der Waals surface area contributed by atoms with Crippen LogP contribution in [-0.2, 0) is 0 Å². The molecular formula is C66H66S3. The highest BCUT2D eigenvalue weighted by atomic mass is 32.2. The highest BCUT2D eigenvalue weighted by molar-refractivity contribution is 8.01. The monoisotopic (exact) mass is 954 g/mol. The van der Waals surface area contributed by atoms with E-state index in [1.54, 1.807) is 0 Å². The summed E-state index contributed by atoms with van der Waals surface area (Å²) in [6.07, 6.45) is 26.3. The van der Waals surface area contributed by atoms with Crippen molar-refractivity contribution in [2.24, 2.45) is 0 Å². The summed E-state index contributed by atoms with van der Waals surface area (Å²) in [5.74, 6) is 0. The van der Waals surface area contributed by atoms with E-state index >= 15 is 0 Å². The molecule has 0 saturated carbocycles. The zero-order valence-corrected chi connectivity index (χ0v) is 44.2. The van der Waals surface area contributed by atoms with E-state index in [0.717, 1.165) is 33.4 Å². The van der Waals surface area contributed by atoms with Crippen LogP contribution in [0, 0.1) is 0 Å². The molecule has 0 aromatic heterocycles. The minimum atomic E-state index is 0.200. The number of benzene rings is 7. The maximum atomic E-state index is 2.26. The summed E-state index contributed by atoms with van der Waals surface area (Å²) in [6, 6.07) is 59.5. The highest BCUT2D eigenvalue weighted by Crippen LogP contribution is 2.34. The SMILES string of the molecule is CC(C)(C)Sc1ccc(/C=C/c2ccc(/C=C/c3cc(/C=C/c4ccc(/C=C/c5ccc(SC(C)(C)C)cc5)cc4)cc(/C=C/c4ccc(/C=C/c5ccc(SC(C)(C)C)cc5)cc4)c3)cc2)cc1. The van der Waals surface area contributed by atoms with E-state index in [1.807, 2.05) is 35.3 Å². The molecule has 0 nitrogen and oxygen atoms in total. The fraction of sp³-hybridized carbons (Fsp3) is 0.182. The van der Waals surface area contributed by atoms with Crippen LogP contribution < -0.4 is 0 Å². The van der Waals surface area contributed by atoms with Gasteiger partial charge in [0.25, 0.3) is 0 Å². The van der Waals surface area contributed by atoms with E-state index in [-0.39, 0.29) is 14.2 Å². The molecule has 0 N–H and O–H groups in total. The molecule has 0 fully saturated rings. The molecule has 69 heavy (non-hydrogen) atoms. The van der Waals surface area contributed by atoms with E-state index in [9.17, 15) is 0 Å². The van der Waals surface area contributed by atoms with Crippen LogP contribution in [0.25, 0.3) is 72.9 Å². The average molecular weight is 955 g/mol. The van der Waals surface area contributed by atoms with E-state index in [2.05, 4.69) is 299 Å². The molecule has 0 bridgehead atoms. The second-order valence-corrected chi connectivity index (χ2v) is 26.0.